The Balaban J connectivity index is 1.96. The smallest absolute Gasteiger partial charge is 0.00577 e. The Kier molecular flexibility index (Phi) is 3.46. The third-order valence-electron chi connectivity index (χ3n) is 6.62. The minimum absolute atomic E-state index is 0.485. The van der Waals surface area contributed by atoms with Crippen molar-refractivity contribution in [3.63, 3.8) is 0 Å². The van der Waals surface area contributed by atoms with E-state index in [0.717, 1.165) is 11.6 Å². The lowest BCUT2D eigenvalue weighted by Crippen LogP contribution is -2.18. The maximum Gasteiger partial charge on any atom is -0.00577 e. The van der Waals surface area contributed by atoms with Gasteiger partial charge in [0.1, 0.15) is 0 Å². The van der Waals surface area contributed by atoms with Crippen molar-refractivity contribution < 1.29 is 0 Å². The van der Waals surface area contributed by atoms with Crippen LogP contribution in [0.2, 0.25) is 0 Å². The first-order valence-electron chi connectivity index (χ1n) is 10.4. The van der Waals surface area contributed by atoms with Gasteiger partial charge in [0.25, 0.3) is 0 Å². The molecule has 1 aliphatic rings. The number of benzene rings is 5. The van der Waals surface area contributed by atoms with Crippen molar-refractivity contribution in [1.29, 1.82) is 0 Å². The highest BCUT2D eigenvalue weighted by Gasteiger charge is 2.27. The van der Waals surface area contributed by atoms with Gasteiger partial charge in [-0.3, -0.25) is 0 Å². The van der Waals surface area contributed by atoms with Crippen LogP contribution in [-0.2, 0) is 6.42 Å². The normalized spacial score (nSPS) is 16.0. The van der Waals surface area contributed by atoms with E-state index in [1.807, 2.05) is 0 Å². The Morgan fingerprint density at radius 1 is 0.655 bits per heavy atom. The molecule has 0 aliphatic heterocycles. The molecule has 0 N–H and O–H groups in total. The van der Waals surface area contributed by atoms with Gasteiger partial charge in [-0.1, -0.05) is 98.4 Å². The second-order valence-electron chi connectivity index (χ2n) is 8.28. The lowest BCUT2D eigenvalue weighted by atomic mass is 9.89. The highest BCUT2D eigenvalue weighted by Crippen LogP contribution is 2.40. The zero-order valence-corrected chi connectivity index (χ0v) is 16.6. The van der Waals surface area contributed by atoms with Crippen LogP contribution in [0.4, 0.5) is 0 Å². The van der Waals surface area contributed by atoms with Gasteiger partial charge in [0.2, 0.25) is 0 Å². The van der Waals surface area contributed by atoms with Crippen molar-refractivity contribution in [2.45, 2.75) is 13.3 Å². The highest BCUT2D eigenvalue weighted by atomic mass is 14.3. The van der Waals surface area contributed by atoms with Crippen molar-refractivity contribution >= 4 is 44.5 Å². The molecule has 0 heteroatoms. The molecule has 1 atom stereocenters. The molecule has 0 amide bonds. The molecule has 138 valence electrons. The van der Waals surface area contributed by atoms with E-state index < -0.39 is 0 Å². The second kappa shape index (κ2) is 6.06. The summed E-state index contributed by atoms with van der Waals surface area (Å²) in [6, 6.07) is 31.0. The van der Waals surface area contributed by atoms with Crippen LogP contribution >= 0.6 is 0 Å². The Morgan fingerprint density at radius 2 is 1.21 bits per heavy atom. The topological polar surface area (TPSA) is 0 Å². The third kappa shape index (κ3) is 2.26. The Bertz CT molecular complexity index is 1490. The van der Waals surface area contributed by atoms with Crippen LogP contribution in [0, 0.1) is 5.92 Å². The number of hydrogen-bond donors (Lipinski definition) is 0. The zero-order valence-electron chi connectivity index (χ0n) is 16.6. The predicted molar refractivity (Wildman–Crippen MR) is 126 cm³/mol. The summed E-state index contributed by atoms with van der Waals surface area (Å²) < 4.78 is 0. The molecule has 29 heavy (non-hydrogen) atoms. The Morgan fingerprint density at radius 3 is 1.86 bits per heavy atom. The summed E-state index contributed by atoms with van der Waals surface area (Å²) in [6.45, 7) is 6.83. The average molecular weight is 370 g/mol. The molecule has 0 nitrogen and oxygen atoms in total. The van der Waals surface area contributed by atoms with E-state index in [4.69, 9.17) is 0 Å². The largest absolute Gasteiger partial charge is 0.0905 e. The average Bonchev–Trinajstić information content (AvgIpc) is 3.10. The van der Waals surface area contributed by atoms with Gasteiger partial charge in [-0.2, -0.15) is 0 Å². The lowest BCUT2D eigenvalue weighted by Gasteiger charge is -2.14. The van der Waals surface area contributed by atoms with Crippen molar-refractivity contribution in [2.24, 2.45) is 5.92 Å². The summed E-state index contributed by atoms with van der Waals surface area (Å²) in [5, 5.41) is 10.4. The summed E-state index contributed by atoms with van der Waals surface area (Å²) in [6.07, 6.45) is 1.10. The minimum Gasteiger partial charge on any atom is -0.0905 e. The molecule has 0 saturated carbocycles. The van der Waals surface area contributed by atoms with Crippen LogP contribution in [-0.4, -0.2) is 0 Å². The van der Waals surface area contributed by atoms with Gasteiger partial charge in [0.05, 0.1) is 0 Å². The maximum absolute atomic E-state index is 4.45. The number of rotatable bonds is 0. The second-order valence-corrected chi connectivity index (χ2v) is 8.28. The molecule has 5 aromatic rings. The van der Waals surface area contributed by atoms with Gasteiger partial charge >= 0.3 is 0 Å². The maximum atomic E-state index is 4.45. The molecule has 0 bridgehead atoms. The van der Waals surface area contributed by atoms with E-state index >= 15 is 0 Å². The van der Waals surface area contributed by atoms with Gasteiger partial charge < -0.3 is 0 Å². The molecule has 0 saturated heterocycles. The van der Waals surface area contributed by atoms with Gasteiger partial charge in [-0.05, 0) is 71.8 Å². The molecule has 5 aromatic carbocycles. The number of fused-ring (bicyclic) bond motifs is 5. The highest BCUT2D eigenvalue weighted by molar-refractivity contribution is 6.05. The molecule has 0 radical (unpaired) electrons. The molecule has 0 aromatic heterocycles. The van der Waals surface area contributed by atoms with Gasteiger partial charge in [0, 0.05) is 0 Å². The molecule has 0 heterocycles. The van der Waals surface area contributed by atoms with Crippen molar-refractivity contribution in [2.75, 3.05) is 0 Å². The van der Waals surface area contributed by atoms with E-state index in [1.54, 1.807) is 0 Å². The number of hydrogen-bond acceptors (Lipinski definition) is 0. The summed E-state index contributed by atoms with van der Waals surface area (Å²) in [4.78, 5) is 0. The minimum atomic E-state index is 0.485. The van der Waals surface area contributed by atoms with Crippen LogP contribution in [0.25, 0.3) is 44.5 Å². The molecule has 0 fully saturated rings. The van der Waals surface area contributed by atoms with E-state index in [-0.39, 0.29) is 0 Å². The molecule has 1 unspecified atom stereocenters. The SMILES string of the molecule is C=c1c2ccccc2c(=C2c3c(ccc4ccccc34)CC2C)c2ccccc12. The first-order valence-corrected chi connectivity index (χ1v) is 10.4. The third-order valence-corrected chi connectivity index (χ3v) is 6.62. The van der Waals surface area contributed by atoms with Crippen LogP contribution in [0.15, 0.2) is 84.9 Å². The predicted octanol–water partition coefficient (Wildman–Crippen LogP) is 5.95. The summed E-state index contributed by atoms with van der Waals surface area (Å²) >= 11 is 0. The van der Waals surface area contributed by atoms with Crippen LogP contribution in [0.5, 0.6) is 0 Å². The van der Waals surface area contributed by atoms with E-state index in [9.17, 15) is 0 Å². The summed E-state index contributed by atoms with van der Waals surface area (Å²) in [5.41, 5.74) is 4.41. The van der Waals surface area contributed by atoms with Gasteiger partial charge in [0.15, 0.2) is 0 Å². The van der Waals surface area contributed by atoms with Gasteiger partial charge in [-0.15, -0.1) is 0 Å². The Labute approximate surface area is 170 Å². The van der Waals surface area contributed by atoms with E-state index in [0.29, 0.717) is 5.92 Å². The molecular formula is C29H22. The first kappa shape index (κ1) is 16.6. The van der Waals surface area contributed by atoms with Crippen LogP contribution in [0.3, 0.4) is 0 Å². The van der Waals surface area contributed by atoms with Gasteiger partial charge in [-0.25, -0.2) is 0 Å². The molecule has 6 rings (SSSR count). The monoisotopic (exact) mass is 370 g/mol. The summed E-state index contributed by atoms with van der Waals surface area (Å²) in [5.74, 6) is 0.485. The first-order chi connectivity index (χ1) is 14.2. The quantitative estimate of drug-likeness (QED) is 0.296. The lowest BCUT2D eigenvalue weighted by molar-refractivity contribution is 0.778. The Hall–Kier alpha value is -3.38. The van der Waals surface area contributed by atoms with E-state index in [1.165, 1.54) is 54.2 Å². The molecule has 1 aliphatic carbocycles. The van der Waals surface area contributed by atoms with E-state index in [2.05, 4.69) is 98.4 Å². The van der Waals surface area contributed by atoms with Crippen molar-refractivity contribution in [1.82, 2.24) is 0 Å². The van der Waals surface area contributed by atoms with Crippen molar-refractivity contribution in [3.8, 4) is 0 Å². The van der Waals surface area contributed by atoms with Crippen LogP contribution < -0.4 is 10.4 Å². The fourth-order valence-corrected chi connectivity index (χ4v) is 5.36. The molecular weight excluding hydrogens is 348 g/mol. The van der Waals surface area contributed by atoms with Crippen molar-refractivity contribution in [3.05, 3.63) is 106 Å². The zero-order chi connectivity index (χ0) is 19.5. The summed E-state index contributed by atoms with van der Waals surface area (Å²) in [7, 11) is 0. The fourth-order valence-electron chi connectivity index (χ4n) is 5.36. The standard InChI is InChI=1S/C29H22/c1-18-17-21-16-15-20-9-3-4-12-24(20)28(21)27(18)29-25-13-7-5-10-22(25)19(2)23-11-6-8-14-26(23)29/h3-16,18H,2,17H2,1H3. The fraction of sp³-hybridized carbons (Fsp3) is 0.103. The molecule has 0 spiro atoms. The van der Waals surface area contributed by atoms with Crippen LogP contribution in [0.1, 0.15) is 18.1 Å².